The van der Waals surface area contributed by atoms with Gasteiger partial charge < -0.3 is 10.5 Å². The van der Waals surface area contributed by atoms with E-state index < -0.39 is 0 Å². The Morgan fingerprint density at radius 3 is 2.37 bits per heavy atom. The lowest BCUT2D eigenvalue weighted by molar-refractivity contribution is -0.182. The Bertz CT molecular complexity index is 455. The number of nitrogen functional groups attached to an aromatic ring is 1. The largest absolute Gasteiger partial charge is 0.396 e. The Hall–Kier alpha value is -1.13. The third kappa shape index (κ3) is 3.45. The lowest BCUT2D eigenvalue weighted by Gasteiger charge is -2.47. The highest BCUT2D eigenvalue weighted by Gasteiger charge is 2.38. The van der Waals surface area contributed by atoms with Crippen LogP contribution in [0.15, 0.2) is 18.2 Å². The lowest BCUT2D eigenvalue weighted by atomic mass is 9.98. The summed E-state index contributed by atoms with van der Waals surface area (Å²) in [5.41, 5.74) is 6.49. The average Bonchev–Trinajstić information content (AvgIpc) is 2.20. The van der Waals surface area contributed by atoms with Crippen LogP contribution in [0, 0.1) is 5.82 Å². The molecule has 0 saturated carbocycles. The highest BCUT2D eigenvalue weighted by molar-refractivity contribution is 5.47. The number of anilines is 1. The van der Waals surface area contributed by atoms with Crippen molar-refractivity contribution < 1.29 is 9.13 Å². The first kappa shape index (κ1) is 14.3. The smallest absolute Gasteiger partial charge is 0.146 e. The molecular weight excluding hydrogens is 243 g/mol. The molecule has 19 heavy (non-hydrogen) atoms. The molecule has 1 heterocycles. The molecule has 2 N–H and O–H groups in total. The maximum Gasteiger partial charge on any atom is 0.146 e. The number of nitrogens with two attached hydrogens (primary N) is 1. The molecular formula is C15H23FN2O. The minimum Gasteiger partial charge on any atom is -0.396 e. The second-order valence-electron chi connectivity index (χ2n) is 6.58. The van der Waals surface area contributed by atoms with Gasteiger partial charge in [-0.15, -0.1) is 0 Å². The van der Waals surface area contributed by atoms with Gasteiger partial charge in [-0.05, 0) is 39.3 Å². The molecule has 1 aliphatic rings. The highest BCUT2D eigenvalue weighted by Crippen LogP contribution is 2.29. The predicted octanol–water partition coefficient (Wildman–Crippen LogP) is 2.80. The van der Waals surface area contributed by atoms with E-state index in [9.17, 15) is 4.39 Å². The van der Waals surface area contributed by atoms with Crippen molar-refractivity contribution in [3.05, 3.63) is 29.6 Å². The monoisotopic (exact) mass is 266 g/mol. The second kappa shape index (κ2) is 4.76. The van der Waals surface area contributed by atoms with Gasteiger partial charge in [0.2, 0.25) is 0 Å². The number of benzene rings is 1. The topological polar surface area (TPSA) is 38.5 Å². The fraction of sp³-hybridized carbons (Fsp3) is 0.600. The van der Waals surface area contributed by atoms with E-state index in [1.54, 1.807) is 6.07 Å². The van der Waals surface area contributed by atoms with Gasteiger partial charge in [-0.2, -0.15) is 0 Å². The molecule has 1 aromatic rings. The molecule has 0 spiro atoms. The molecule has 1 aromatic carbocycles. The number of ether oxygens (including phenoxy) is 1. The third-order valence-electron chi connectivity index (χ3n) is 3.30. The number of rotatable bonds is 2. The molecule has 4 heteroatoms. The Morgan fingerprint density at radius 2 is 1.79 bits per heavy atom. The molecule has 0 atom stereocenters. The van der Waals surface area contributed by atoms with Gasteiger partial charge in [0.25, 0.3) is 0 Å². The van der Waals surface area contributed by atoms with Crippen molar-refractivity contribution in [1.29, 1.82) is 0 Å². The van der Waals surface area contributed by atoms with Crippen LogP contribution in [0.2, 0.25) is 0 Å². The van der Waals surface area contributed by atoms with E-state index >= 15 is 0 Å². The molecule has 0 bridgehead atoms. The molecule has 0 amide bonds. The number of hydrogen-bond donors (Lipinski definition) is 1. The fourth-order valence-electron chi connectivity index (χ4n) is 3.02. The molecule has 106 valence electrons. The second-order valence-corrected chi connectivity index (χ2v) is 6.58. The summed E-state index contributed by atoms with van der Waals surface area (Å²) >= 11 is 0. The fourth-order valence-corrected chi connectivity index (χ4v) is 3.02. The highest BCUT2D eigenvalue weighted by atomic mass is 19.1. The SMILES string of the molecule is CC1(C)CN(Cc2cccc(F)c2N)CC(C)(C)O1. The summed E-state index contributed by atoms with van der Waals surface area (Å²) < 4.78 is 19.5. The Balaban J connectivity index is 2.16. The summed E-state index contributed by atoms with van der Waals surface area (Å²) in [5, 5.41) is 0. The first-order valence-corrected chi connectivity index (χ1v) is 6.64. The first-order chi connectivity index (χ1) is 8.69. The van der Waals surface area contributed by atoms with Gasteiger partial charge in [0.1, 0.15) is 5.82 Å². The first-order valence-electron chi connectivity index (χ1n) is 6.64. The van der Waals surface area contributed by atoms with E-state index in [1.807, 2.05) is 6.07 Å². The number of nitrogens with zero attached hydrogens (tertiary/aromatic N) is 1. The van der Waals surface area contributed by atoms with Crippen LogP contribution in [0.5, 0.6) is 0 Å². The molecule has 0 aliphatic carbocycles. The molecule has 0 radical (unpaired) electrons. The zero-order valence-electron chi connectivity index (χ0n) is 12.2. The van der Waals surface area contributed by atoms with E-state index in [0.29, 0.717) is 6.54 Å². The number of halogens is 1. The zero-order chi connectivity index (χ0) is 14.3. The molecule has 1 fully saturated rings. The van der Waals surface area contributed by atoms with Crippen LogP contribution in [-0.4, -0.2) is 29.2 Å². The van der Waals surface area contributed by atoms with E-state index in [0.717, 1.165) is 18.7 Å². The summed E-state index contributed by atoms with van der Waals surface area (Å²) in [6.07, 6.45) is 0. The Morgan fingerprint density at radius 1 is 1.21 bits per heavy atom. The molecule has 2 rings (SSSR count). The van der Waals surface area contributed by atoms with E-state index in [2.05, 4.69) is 32.6 Å². The van der Waals surface area contributed by atoms with Gasteiger partial charge in [-0.25, -0.2) is 4.39 Å². The molecule has 0 unspecified atom stereocenters. The van der Waals surface area contributed by atoms with Gasteiger partial charge in [0.05, 0.1) is 16.9 Å². The lowest BCUT2D eigenvalue weighted by Crippen LogP contribution is -2.56. The average molecular weight is 266 g/mol. The minimum absolute atomic E-state index is 0.205. The normalized spacial score (nSPS) is 22.4. The summed E-state index contributed by atoms with van der Waals surface area (Å²) in [7, 11) is 0. The summed E-state index contributed by atoms with van der Waals surface area (Å²) in [4.78, 5) is 2.27. The Labute approximate surface area is 114 Å². The summed E-state index contributed by atoms with van der Waals surface area (Å²) in [5.74, 6) is -0.343. The van der Waals surface area contributed by atoms with Gasteiger partial charge in [0.15, 0.2) is 0 Å². The summed E-state index contributed by atoms with van der Waals surface area (Å²) in [6.45, 7) is 10.6. The van der Waals surface area contributed by atoms with Crippen molar-refractivity contribution in [3.8, 4) is 0 Å². The quantitative estimate of drug-likeness (QED) is 0.837. The number of hydrogen-bond acceptors (Lipinski definition) is 3. The van der Waals surface area contributed by atoms with Crippen molar-refractivity contribution in [3.63, 3.8) is 0 Å². The van der Waals surface area contributed by atoms with Gasteiger partial charge in [0, 0.05) is 19.6 Å². The van der Waals surface area contributed by atoms with Crippen LogP contribution in [-0.2, 0) is 11.3 Å². The summed E-state index contributed by atoms with van der Waals surface area (Å²) in [6, 6.07) is 4.98. The van der Waals surface area contributed by atoms with Crippen molar-refractivity contribution in [2.45, 2.75) is 45.4 Å². The number of para-hydroxylation sites is 1. The number of morpholine rings is 1. The van der Waals surface area contributed by atoms with Gasteiger partial charge >= 0.3 is 0 Å². The van der Waals surface area contributed by atoms with Crippen LogP contribution in [0.25, 0.3) is 0 Å². The standard InChI is InChI=1S/C15H23FN2O/c1-14(2)9-18(10-15(3,4)19-14)8-11-6-5-7-12(16)13(11)17/h5-7H,8-10,17H2,1-4H3. The van der Waals surface area contributed by atoms with E-state index in [4.69, 9.17) is 10.5 Å². The zero-order valence-corrected chi connectivity index (χ0v) is 12.2. The van der Waals surface area contributed by atoms with Crippen LogP contribution in [0.4, 0.5) is 10.1 Å². The van der Waals surface area contributed by atoms with Crippen LogP contribution < -0.4 is 5.73 Å². The molecule has 1 aliphatic heterocycles. The van der Waals surface area contributed by atoms with Gasteiger partial charge in [-0.1, -0.05) is 12.1 Å². The van der Waals surface area contributed by atoms with E-state index in [1.165, 1.54) is 6.07 Å². The molecule has 3 nitrogen and oxygen atoms in total. The van der Waals surface area contributed by atoms with Crippen LogP contribution in [0.1, 0.15) is 33.3 Å². The van der Waals surface area contributed by atoms with Crippen LogP contribution >= 0.6 is 0 Å². The van der Waals surface area contributed by atoms with Crippen molar-refractivity contribution in [2.75, 3.05) is 18.8 Å². The van der Waals surface area contributed by atoms with Crippen molar-refractivity contribution >= 4 is 5.69 Å². The van der Waals surface area contributed by atoms with E-state index in [-0.39, 0.29) is 22.7 Å². The van der Waals surface area contributed by atoms with Gasteiger partial charge in [-0.3, -0.25) is 4.90 Å². The molecule has 1 saturated heterocycles. The maximum absolute atomic E-state index is 13.5. The third-order valence-corrected chi connectivity index (χ3v) is 3.30. The maximum atomic E-state index is 13.5. The van der Waals surface area contributed by atoms with Crippen molar-refractivity contribution in [2.24, 2.45) is 0 Å². The predicted molar refractivity (Wildman–Crippen MR) is 75.3 cm³/mol. The Kier molecular flexibility index (Phi) is 3.58. The molecule has 0 aromatic heterocycles. The van der Waals surface area contributed by atoms with Crippen LogP contribution in [0.3, 0.4) is 0 Å². The van der Waals surface area contributed by atoms with Crippen molar-refractivity contribution in [1.82, 2.24) is 4.90 Å². The minimum atomic E-state index is -0.343.